The summed E-state index contributed by atoms with van der Waals surface area (Å²) in [5.74, 6) is -0.198. The number of halogens is 1. The van der Waals surface area contributed by atoms with Crippen LogP contribution in [0.1, 0.15) is 33.4 Å². The number of hydrogen-bond donors (Lipinski definition) is 0. The number of amides is 1. The smallest absolute Gasteiger partial charge is 0.296 e. The van der Waals surface area contributed by atoms with Gasteiger partial charge in [-0.05, 0) is 55.0 Å². The molecular weight excluding hydrogens is 423 g/mol. The molecule has 2 aromatic carbocycles. The summed E-state index contributed by atoms with van der Waals surface area (Å²) in [7, 11) is 0. The second-order valence-electron chi connectivity index (χ2n) is 7.70. The Labute approximate surface area is 188 Å². The van der Waals surface area contributed by atoms with Crippen molar-refractivity contribution >= 4 is 22.7 Å². The summed E-state index contributed by atoms with van der Waals surface area (Å²) in [4.78, 5) is 33.0. The van der Waals surface area contributed by atoms with Gasteiger partial charge < -0.3 is 9.15 Å². The number of carbonyl (C=O) groups is 1. The molecule has 4 aromatic rings. The molecule has 0 saturated carbocycles. The first kappa shape index (κ1) is 20.6. The first-order valence-electron chi connectivity index (χ1n) is 10.3. The van der Waals surface area contributed by atoms with E-state index in [1.54, 1.807) is 42.5 Å². The number of benzene rings is 2. The maximum atomic E-state index is 13.9. The lowest BCUT2D eigenvalue weighted by Gasteiger charge is -2.24. The average molecular weight is 442 g/mol. The third kappa shape index (κ3) is 3.47. The fraction of sp³-hybridized carbons (Fsp3) is 0.115. The van der Waals surface area contributed by atoms with E-state index in [9.17, 15) is 14.0 Å². The molecule has 164 valence electrons. The van der Waals surface area contributed by atoms with Crippen molar-refractivity contribution < 1.29 is 18.3 Å². The molecular formula is C26H19FN2O4. The van der Waals surface area contributed by atoms with Crippen LogP contribution >= 0.6 is 0 Å². The summed E-state index contributed by atoms with van der Waals surface area (Å²) in [5, 5.41) is 0.0738. The van der Waals surface area contributed by atoms with Crippen LogP contribution in [-0.4, -0.2) is 17.5 Å². The Kier molecular flexibility index (Phi) is 5.01. The van der Waals surface area contributed by atoms with Crippen LogP contribution in [0, 0.1) is 12.7 Å². The Morgan fingerprint density at radius 2 is 1.97 bits per heavy atom. The van der Waals surface area contributed by atoms with Crippen molar-refractivity contribution in [3.05, 3.63) is 112 Å². The van der Waals surface area contributed by atoms with Crippen LogP contribution in [0.25, 0.3) is 11.0 Å². The number of carbonyl (C=O) groups excluding carboxylic acids is 1. The van der Waals surface area contributed by atoms with Crippen LogP contribution in [0.5, 0.6) is 5.75 Å². The molecule has 1 atom stereocenters. The van der Waals surface area contributed by atoms with Gasteiger partial charge in [0.25, 0.3) is 5.91 Å². The second-order valence-corrected chi connectivity index (χ2v) is 7.70. The van der Waals surface area contributed by atoms with Crippen molar-refractivity contribution in [2.45, 2.75) is 13.0 Å². The molecule has 7 heteroatoms. The van der Waals surface area contributed by atoms with E-state index >= 15 is 0 Å². The van der Waals surface area contributed by atoms with Gasteiger partial charge in [0.2, 0.25) is 5.76 Å². The molecule has 0 bridgehead atoms. The lowest BCUT2D eigenvalue weighted by atomic mass is 9.98. The summed E-state index contributed by atoms with van der Waals surface area (Å²) < 4.78 is 25.4. The van der Waals surface area contributed by atoms with Gasteiger partial charge in [-0.15, -0.1) is 0 Å². The zero-order chi connectivity index (χ0) is 23.1. The summed E-state index contributed by atoms with van der Waals surface area (Å²) in [6.45, 7) is 5.77. The third-order valence-electron chi connectivity index (χ3n) is 5.49. The van der Waals surface area contributed by atoms with Crippen LogP contribution in [-0.2, 0) is 0 Å². The molecule has 0 radical (unpaired) electrons. The van der Waals surface area contributed by atoms with Gasteiger partial charge in [-0.2, -0.15) is 0 Å². The van der Waals surface area contributed by atoms with E-state index in [1.807, 2.05) is 13.0 Å². The number of pyridine rings is 1. The summed E-state index contributed by atoms with van der Waals surface area (Å²) in [5.41, 5.74) is 1.17. The topological polar surface area (TPSA) is 72.6 Å². The normalized spacial score (nSPS) is 15.0. The number of anilines is 1. The third-order valence-corrected chi connectivity index (χ3v) is 5.49. The number of ether oxygens (including phenoxy) is 1. The maximum Gasteiger partial charge on any atom is 0.296 e. The van der Waals surface area contributed by atoms with E-state index < -0.39 is 23.2 Å². The number of nitrogens with zero attached hydrogens (tertiary/aromatic N) is 2. The van der Waals surface area contributed by atoms with Gasteiger partial charge in [-0.25, -0.2) is 9.37 Å². The number of aromatic nitrogens is 1. The van der Waals surface area contributed by atoms with E-state index in [1.165, 1.54) is 17.0 Å². The summed E-state index contributed by atoms with van der Waals surface area (Å²) in [6.07, 6.45) is 1.62. The minimum absolute atomic E-state index is 0.0738. The number of rotatable bonds is 5. The molecule has 0 spiro atoms. The van der Waals surface area contributed by atoms with Gasteiger partial charge in [0.15, 0.2) is 5.43 Å². The van der Waals surface area contributed by atoms with Gasteiger partial charge in [0.1, 0.15) is 29.6 Å². The fourth-order valence-electron chi connectivity index (χ4n) is 4.09. The molecule has 1 aliphatic rings. The van der Waals surface area contributed by atoms with Crippen LogP contribution in [0.2, 0.25) is 0 Å². The van der Waals surface area contributed by atoms with E-state index in [4.69, 9.17) is 9.15 Å². The molecule has 0 saturated heterocycles. The zero-order valence-corrected chi connectivity index (χ0v) is 17.7. The monoisotopic (exact) mass is 442 g/mol. The van der Waals surface area contributed by atoms with Crippen molar-refractivity contribution in [2.24, 2.45) is 0 Å². The molecule has 0 aliphatic carbocycles. The number of hydrogen-bond acceptors (Lipinski definition) is 5. The highest BCUT2D eigenvalue weighted by atomic mass is 19.1. The average Bonchev–Trinajstić information content (AvgIpc) is 3.11. The lowest BCUT2D eigenvalue weighted by molar-refractivity contribution is 0.0970. The number of fused-ring (bicyclic) bond motifs is 2. The minimum atomic E-state index is -0.821. The van der Waals surface area contributed by atoms with Gasteiger partial charge in [0.05, 0.1) is 17.0 Å². The predicted molar refractivity (Wildman–Crippen MR) is 122 cm³/mol. The Bertz CT molecular complexity index is 1480. The summed E-state index contributed by atoms with van der Waals surface area (Å²) in [6, 6.07) is 15.3. The molecule has 5 rings (SSSR count). The Hall–Kier alpha value is -4.26. The molecule has 0 N–H and O–H groups in total. The molecule has 1 amide bonds. The quantitative estimate of drug-likeness (QED) is 0.409. The lowest BCUT2D eigenvalue weighted by Crippen LogP contribution is -2.30. The van der Waals surface area contributed by atoms with E-state index in [0.717, 1.165) is 6.07 Å². The van der Waals surface area contributed by atoms with Crippen LogP contribution in [0.3, 0.4) is 0 Å². The molecule has 0 unspecified atom stereocenters. The van der Waals surface area contributed by atoms with Crippen LogP contribution in [0.4, 0.5) is 10.2 Å². The first-order chi connectivity index (χ1) is 16.0. The van der Waals surface area contributed by atoms with Gasteiger partial charge in [0, 0.05) is 5.69 Å². The summed E-state index contributed by atoms with van der Waals surface area (Å²) >= 11 is 0. The standard InChI is InChI=1S/C26H19FN2O4/c1-3-12-32-18-8-5-7-16(13-18)23-22-24(30)19-14-17(27)10-11-20(19)33-25(22)26(31)29(23)21-9-4-6-15(2)28-21/h3-11,13-14,23H,1,12H2,2H3/t23-/m1/s1. The molecule has 2 aromatic heterocycles. The SMILES string of the molecule is C=CCOc1cccc([C@@H]2c3c(oc4ccc(F)cc4c3=O)C(=O)N2c2cccc(C)n2)c1. The predicted octanol–water partition coefficient (Wildman–Crippen LogP) is 4.95. The van der Waals surface area contributed by atoms with Crippen LogP contribution in [0.15, 0.2) is 82.5 Å². The molecule has 0 fully saturated rings. The van der Waals surface area contributed by atoms with Gasteiger partial charge in [-0.3, -0.25) is 14.5 Å². The van der Waals surface area contributed by atoms with Crippen molar-refractivity contribution in [1.82, 2.24) is 4.98 Å². The largest absolute Gasteiger partial charge is 0.490 e. The zero-order valence-electron chi connectivity index (χ0n) is 17.7. The fourth-order valence-corrected chi connectivity index (χ4v) is 4.09. The molecule has 33 heavy (non-hydrogen) atoms. The number of aryl methyl sites for hydroxylation is 1. The highest BCUT2D eigenvalue weighted by Crippen LogP contribution is 2.41. The van der Waals surface area contributed by atoms with Crippen molar-refractivity contribution in [1.29, 1.82) is 0 Å². The maximum absolute atomic E-state index is 13.9. The Balaban J connectivity index is 1.78. The van der Waals surface area contributed by atoms with Crippen molar-refractivity contribution in [2.75, 3.05) is 11.5 Å². The van der Waals surface area contributed by atoms with E-state index in [-0.39, 0.29) is 22.3 Å². The first-order valence-corrected chi connectivity index (χ1v) is 10.3. The second kappa shape index (κ2) is 8.02. The van der Waals surface area contributed by atoms with Gasteiger partial charge in [-0.1, -0.05) is 30.9 Å². The molecule has 3 heterocycles. The minimum Gasteiger partial charge on any atom is -0.490 e. The van der Waals surface area contributed by atoms with Gasteiger partial charge >= 0.3 is 0 Å². The van der Waals surface area contributed by atoms with Crippen molar-refractivity contribution in [3.8, 4) is 5.75 Å². The Morgan fingerprint density at radius 3 is 2.76 bits per heavy atom. The molecule has 6 nitrogen and oxygen atoms in total. The highest BCUT2D eigenvalue weighted by Gasteiger charge is 2.44. The van der Waals surface area contributed by atoms with E-state index in [0.29, 0.717) is 29.4 Å². The van der Waals surface area contributed by atoms with Crippen LogP contribution < -0.4 is 15.1 Å². The van der Waals surface area contributed by atoms with E-state index in [2.05, 4.69) is 11.6 Å². The highest BCUT2D eigenvalue weighted by molar-refractivity contribution is 6.10. The Morgan fingerprint density at radius 1 is 1.15 bits per heavy atom. The molecule has 1 aliphatic heterocycles. The van der Waals surface area contributed by atoms with Crippen molar-refractivity contribution in [3.63, 3.8) is 0 Å².